The van der Waals surface area contributed by atoms with Gasteiger partial charge in [-0.05, 0) is 77.0 Å². The topological polar surface area (TPSA) is 175 Å². The van der Waals surface area contributed by atoms with E-state index in [1.54, 1.807) is 6.08 Å². The molecule has 1 rings (SSSR count). The van der Waals surface area contributed by atoms with Gasteiger partial charge in [-0.3, -0.25) is 9.59 Å². The molecule has 1 amide bonds. The molecule has 1 aliphatic rings. The average Bonchev–Trinajstić information content (AvgIpc) is 3.34. The molecule has 392 valence electrons. The summed E-state index contributed by atoms with van der Waals surface area (Å²) in [6.45, 7) is 5.44. The van der Waals surface area contributed by atoms with Crippen molar-refractivity contribution in [2.45, 2.75) is 230 Å². The molecular formula is C58H95NO10. The van der Waals surface area contributed by atoms with E-state index in [1.165, 1.54) is 44.9 Å². The zero-order valence-electron chi connectivity index (χ0n) is 42.9. The lowest BCUT2D eigenvalue weighted by Crippen LogP contribution is -2.61. The predicted molar refractivity (Wildman–Crippen MR) is 282 cm³/mol. The van der Waals surface area contributed by atoms with Gasteiger partial charge in [-0.2, -0.15) is 0 Å². The monoisotopic (exact) mass is 966 g/mol. The first-order valence-corrected chi connectivity index (χ1v) is 26.7. The Labute approximate surface area is 418 Å². The number of nitrogens with one attached hydrogen (secondary N) is 1. The Kier molecular flexibility index (Phi) is 41.7. The highest BCUT2D eigenvalue weighted by Crippen LogP contribution is 2.26. The largest absolute Gasteiger partial charge is 0.454 e. The first-order chi connectivity index (χ1) is 33.7. The van der Waals surface area contributed by atoms with E-state index in [-0.39, 0.29) is 19.4 Å². The van der Waals surface area contributed by atoms with Crippen LogP contribution >= 0.6 is 0 Å². The molecule has 0 saturated carbocycles. The molecule has 1 fully saturated rings. The molecule has 11 nitrogen and oxygen atoms in total. The summed E-state index contributed by atoms with van der Waals surface area (Å²) in [6, 6.07) is -1.06. The van der Waals surface area contributed by atoms with Gasteiger partial charge in [-0.15, -0.1) is 0 Å². The summed E-state index contributed by atoms with van der Waals surface area (Å²) in [5.74, 6) is -1.27. The van der Waals surface area contributed by atoms with Gasteiger partial charge >= 0.3 is 5.97 Å². The minimum absolute atomic E-state index is 0.0856. The average molecular weight is 966 g/mol. The van der Waals surface area contributed by atoms with Crippen LogP contribution in [0.1, 0.15) is 181 Å². The van der Waals surface area contributed by atoms with Crippen LogP contribution in [0, 0.1) is 0 Å². The van der Waals surface area contributed by atoms with E-state index >= 15 is 0 Å². The quantitative estimate of drug-likeness (QED) is 0.0149. The normalized spacial score (nSPS) is 20.7. The fraction of sp³-hybridized carbons (Fsp3) is 0.655. The van der Waals surface area contributed by atoms with Crippen LogP contribution in [-0.2, 0) is 23.8 Å². The van der Waals surface area contributed by atoms with Crippen molar-refractivity contribution in [3.63, 3.8) is 0 Å². The fourth-order valence-electron chi connectivity index (χ4n) is 7.57. The van der Waals surface area contributed by atoms with Crippen molar-refractivity contribution in [1.29, 1.82) is 0 Å². The number of hydrogen-bond acceptors (Lipinski definition) is 10. The Morgan fingerprint density at radius 1 is 0.594 bits per heavy atom. The summed E-state index contributed by atoms with van der Waals surface area (Å²) in [4.78, 5) is 26.4. The highest BCUT2D eigenvalue weighted by atomic mass is 16.7. The molecule has 0 aliphatic carbocycles. The Balaban J connectivity index is 2.83. The van der Waals surface area contributed by atoms with Gasteiger partial charge in [-0.25, -0.2) is 0 Å². The molecule has 69 heavy (non-hydrogen) atoms. The number of hydrogen-bond donors (Lipinski definition) is 6. The van der Waals surface area contributed by atoms with E-state index in [2.05, 4.69) is 68.6 Å². The van der Waals surface area contributed by atoms with E-state index in [4.69, 9.17) is 14.2 Å². The minimum atomic E-state index is -1.64. The molecule has 6 N–H and O–H groups in total. The van der Waals surface area contributed by atoms with Crippen LogP contribution in [0.2, 0.25) is 0 Å². The number of aliphatic hydroxyl groups is 5. The number of ether oxygens (including phenoxy) is 3. The number of allylic oxidation sites excluding steroid dienone is 17. The van der Waals surface area contributed by atoms with Gasteiger partial charge in [0.15, 0.2) is 12.4 Å². The van der Waals surface area contributed by atoms with Crippen LogP contribution < -0.4 is 5.32 Å². The molecule has 1 heterocycles. The zero-order chi connectivity index (χ0) is 50.4. The summed E-state index contributed by atoms with van der Waals surface area (Å²) < 4.78 is 17.5. The Morgan fingerprint density at radius 2 is 1.12 bits per heavy atom. The van der Waals surface area contributed by atoms with Crippen molar-refractivity contribution in [3.05, 3.63) is 109 Å². The lowest BCUT2D eigenvalue weighted by molar-refractivity contribution is -0.305. The number of carbonyl (C=O) groups excluding carboxylic acids is 2. The van der Waals surface area contributed by atoms with E-state index in [0.717, 1.165) is 89.9 Å². The maximum atomic E-state index is 13.3. The summed E-state index contributed by atoms with van der Waals surface area (Å²) in [6.07, 6.45) is 50.0. The van der Waals surface area contributed by atoms with Crippen molar-refractivity contribution in [2.24, 2.45) is 0 Å². The van der Waals surface area contributed by atoms with Gasteiger partial charge in [-0.1, -0.05) is 207 Å². The molecule has 8 atom stereocenters. The van der Waals surface area contributed by atoms with Crippen LogP contribution in [0.3, 0.4) is 0 Å². The molecule has 0 radical (unpaired) electrons. The molecule has 0 aromatic rings. The second-order valence-electron chi connectivity index (χ2n) is 18.0. The van der Waals surface area contributed by atoms with E-state index < -0.39 is 67.4 Å². The van der Waals surface area contributed by atoms with Crippen LogP contribution in [0.5, 0.6) is 0 Å². The van der Waals surface area contributed by atoms with Gasteiger partial charge < -0.3 is 45.1 Å². The van der Waals surface area contributed by atoms with Crippen molar-refractivity contribution < 1.29 is 49.3 Å². The SMILES string of the molecule is CC/C=C/C=C/C=C\C=C/C=C/CCCCC(O)C(=O)NC(COC1OC(CO)C(O)C(O)C1OC(=O)CCCCCC/C=C/C/C=C/C/C=C/CC)C(O)/C=C/CCCCCCCCCCCC. The van der Waals surface area contributed by atoms with Gasteiger partial charge in [0.1, 0.15) is 24.4 Å². The molecule has 1 saturated heterocycles. The van der Waals surface area contributed by atoms with Crippen molar-refractivity contribution in [2.75, 3.05) is 13.2 Å². The van der Waals surface area contributed by atoms with Gasteiger partial charge in [0.25, 0.3) is 0 Å². The Bertz CT molecular complexity index is 1530. The maximum Gasteiger partial charge on any atom is 0.306 e. The van der Waals surface area contributed by atoms with E-state index in [1.807, 2.05) is 60.8 Å². The lowest BCUT2D eigenvalue weighted by Gasteiger charge is -2.41. The summed E-state index contributed by atoms with van der Waals surface area (Å²) in [5.41, 5.74) is 0. The molecule has 0 spiro atoms. The summed E-state index contributed by atoms with van der Waals surface area (Å²) >= 11 is 0. The van der Waals surface area contributed by atoms with E-state index in [9.17, 15) is 35.1 Å². The molecule has 11 heteroatoms. The highest BCUT2D eigenvalue weighted by molar-refractivity contribution is 5.80. The first kappa shape index (κ1) is 63.3. The van der Waals surface area contributed by atoms with Crippen LogP contribution in [0.25, 0.3) is 0 Å². The predicted octanol–water partition coefficient (Wildman–Crippen LogP) is 11.4. The third-order valence-electron chi connectivity index (χ3n) is 11.8. The lowest BCUT2D eigenvalue weighted by atomic mass is 9.99. The highest BCUT2D eigenvalue weighted by Gasteiger charge is 2.47. The van der Waals surface area contributed by atoms with Crippen LogP contribution in [-0.4, -0.2) is 99.6 Å². The zero-order valence-corrected chi connectivity index (χ0v) is 42.9. The Hall–Kier alpha value is -3.68. The Morgan fingerprint density at radius 3 is 1.74 bits per heavy atom. The molecular weight excluding hydrogens is 871 g/mol. The minimum Gasteiger partial charge on any atom is -0.454 e. The first-order valence-electron chi connectivity index (χ1n) is 26.7. The van der Waals surface area contributed by atoms with Gasteiger partial charge in [0, 0.05) is 6.42 Å². The van der Waals surface area contributed by atoms with E-state index in [0.29, 0.717) is 12.8 Å². The number of amides is 1. The number of carbonyl (C=O) groups is 2. The standard InChI is InChI=1S/C58H95NO10/c1-4-7-10-13-16-19-22-25-27-30-33-36-39-42-45-51(62)57(66)59-49(50(61)44-41-38-35-32-29-24-21-18-15-12-9-6-3)48-67-58-56(55(65)54(64)52(47-60)68-58)69-53(63)46-43-40-37-34-31-28-26-23-20-17-14-11-8-5-2/h7-8,10-11,13,16-17,19-20,22,25-28,30,33,41,44,49-52,54-56,58,60-62,64-65H,4-6,9,12,14-15,18,21,23-24,29,31-32,34-40,42-43,45-48H2,1-3H3,(H,59,66)/b10-7+,11-8+,16-13+,20-17+,22-19-,27-25-,28-26+,33-30+,44-41+. The molecule has 0 aromatic carbocycles. The maximum absolute atomic E-state index is 13.3. The third-order valence-corrected chi connectivity index (χ3v) is 11.8. The van der Waals surface area contributed by atoms with Crippen molar-refractivity contribution in [1.82, 2.24) is 5.32 Å². The number of aliphatic hydroxyl groups excluding tert-OH is 5. The second kappa shape index (κ2) is 45.5. The summed E-state index contributed by atoms with van der Waals surface area (Å²) in [7, 11) is 0. The number of esters is 1. The number of rotatable bonds is 42. The van der Waals surface area contributed by atoms with Gasteiger partial charge in [0.2, 0.25) is 5.91 Å². The smallest absolute Gasteiger partial charge is 0.306 e. The van der Waals surface area contributed by atoms with Crippen LogP contribution in [0.4, 0.5) is 0 Å². The molecule has 1 aliphatic heterocycles. The van der Waals surface area contributed by atoms with Gasteiger partial charge in [0.05, 0.1) is 25.4 Å². The molecule has 0 bridgehead atoms. The van der Waals surface area contributed by atoms with Crippen molar-refractivity contribution >= 4 is 11.9 Å². The third kappa shape index (κ3) is 34.3. The second-order valence-corrected chi connectivity index (χ2v) is 18.0. The summed E-state index contributed by atoms with van der Waals surface area (Å²) in [5, 5.41) is 56.6. The van der Waals surface area contributed by atoms with Crippen molar-refractivity contribution in [3.8, 4) is 0 Å². The van der Waals surface area contributed by atoms with Crippen LogP contribution in [0.15, 0.2) is 109 Å². The fourth-order valence-corrected chi connectivity index (χ4v) is 7.57. The molecule has 0 aromatic heterocycles. The number of unbranched alkanes of at least 4 members (excludes halogenated alkanes) is 16. The molecule has 8 unspecified atom stereocenters.